The lowest BCUT2D eigenvalue weighted by atomic mass is 10.1. The molecule has 0 radical (unpaired) electrons. The van der Waals surface area contributed by atoms with E-state index in [0.717, 1.165) is 12.1 Å². The van der Waals surface area contributed by atoms with Gasteiger partial charge in [0.15, 0.2) is 0 Å². The van der Waals surface area contributed by atoms with Gasteiger partial charge in [0.2, 0.25) is 5.91 Å². The Morgan fingerprint density at radius 3 is 2.70 bits per heavy atom. The second kappa shape index (κ2) is 5.33. The summed E-state index contributed by atoms with van der Waals surface area (Å²) in [6.07, 6.45) is 1.21. The molecule has 0 saturated carbocycles. The average molecular weight is 270 g/mol. The molecule has 1 aliphatic rings. The van der Waals surface area contributed by atoms with Crippen molar-refractivity contribution in [1.29, 1.82) is 0 Å². The van der Waals surface area contributed by atoms with Gasteiger partial charge < -0.3 is 10.2 Å². The number of hydrogen-bond donors (Lipinski definition) is 1. The first-order chi connectivity index (χ1) is 9.74. The Morgan fingerprint density at radius 2 is 1.90 bits per heavy atom. The van der Waals surface area contributed by atoms with Crippen molar-refractivity contribution in [2.75, 3.05) is 16.8 Å². The molecule has 0 saturated heterocycles. The molecule has 1 N–H and O–H groups in total. The van der Waals surface area contributed by atoms with Gasteiger partial charge in [-0.3, -0.25) is 4.79 Å². The van der Waals surface area contributed by atoms with E-state index < -0.39 is 0 Å². The number of nitrogens with zero attached hydrogens (tertiary/aromatic N) is 1. The summed E-state index contributed by atoms with van der Waals surface area (Å²) in [7, 11) is 0. The number of hydrogen-bond acceptors (Lipinski definition) is 2. The first-order valence-corrected chi connectivity index (χ1v) is 6.66. The molecule has 1 amide bonds. The van der Waals surface area contributed by atoms with Crippen LogP contribution in [-0.4, -0.2) is 12.5 Å². The van der Waals surface area contributed by atoms with E-state index in [1.165, 1.54) is 12.1 Å². The second-order valence-electron chi connectivity index (χ2n) is 4.80. The molecule has 2 aromatic rings. The van der Waals surface area contributed by atoms with Crippen LogP contribution in [0.15, 0.2) is 48.5 Å². The number of para-hydroxylation sites is 1. The van der Waals surface area contributed by atoms with Crippen molar-refractivity contribution < 1.29 is 9.18 Å². The van der Waals surface area contributed by atoms with E-state index in [2.05, 4.69) is 5.32 Å². The Hall–Kier alpha value is -2.36. The predicted octanol–water partition coefficient (Wildman–Crippen LogP) is 3.70. The Kier molecular flexibility index (Phi) is 3.37. The maximum atomic E-state index is 13.6. The molecule has 0 spiro atoms. The number of fused-ring (bicyclic) bond motifs is 1. The molecule has 0 aromatic heterocycles. The maximum absolute atomic E-state index is 13.6. The van der Waals surface area contributed by atoms with Crippen molar-refractivity contribution in [1.82, 2.24) is 0 Å². The quantitative estimate of drug-likeness (QED) is 0.857. The number of rotatable bonds is 1. The minimum Gasteiger partial charge on any atom is -0.340 e. The number of carbonyl (C=O) groups excluding carboxylic acids is 1. The maximum Gasteiger partial charge on any atom is 0.224 e. The lowest BCUT2D eigenvalue weighted by Gasteiger charge is -2.29. The number of amides is 1. The van der Waals surface area contributed by atoms with Gasteiger partial charge in [0.1, 0.15) is 5.82 Å². The van der Waals surface area contributed by atoms with Gasteiger partial charge in [0.25, 0.3) is 0 Å². The predicted molar refractivity (Wildman–Crippen MR) is 77.7 cm³/mol. The average Bonchev–Trinajstić information content (AvgIpc) is 2.45. The van der Waals surface area contributed by atoms with Crippen molar-refractivity contribution in [3.8, 4) is 0 Å². The van der Waals surface area contributed by atoms with E-state index in [9.17, 15) is 9.18 Å². The van der Waals surface area contributed by atoms with Crippen LogP contribution >= 0.6 is 0 Å². The number of carbonyl (C=O) groups is 1. The van der Waals surface area contributed by atoms with Crippen molar-refractivity contribution in [3.05, 3.63) is 54.3 Å². The molecular formula is C16H15FN2O. The molecule has 102 valence electrons. The van der Waals surface area contributed by atoms with Crippen molar-refractivity contribution in [2.45, 2.75) is 12.8 Å². The van der Waals surface area contributed by atoms with E-state index in [1.807, 2.05) is 35.2 Å². The third kappa shape index (κ3) is 2.50. The van der Waals surface area contributed by atoms with Gasteiger partial charge in [-0.15, -0.1) is 0 Å². The normalized spacial score (nSPS) is 15.1. The molecule has 0 bridgehead atoms. The fourth-order valence-corrected chi connectivity index (χ4v) is 2.44. The number of benzene rings is 2. The highest BCUT2D eigenvalue weighted by Gasteiger charge is 2.19. The monoisotopic (exact) mass is 270 g/mol. The van der Waals surface area contributed by atoms with Gasteiger partial charge in [-0.25, -0.2) is 4.39 Å². The van der Waals surface area contributed by atoms with Crippen LogP contribution in [0.2, 0.25) is 0 Å². The summed E-state index contributed by atoms with van der Waals surface area (Å²) in [6, 6.07) is 14.3. The van der Waals surface area contributed by atoms with E-state index in [-0.39, 0.29) is 11.7 Å². The van der Waals surface area contributed by atoms with Crippen molar-refractivity contribution in [2.24, 2.45) is 0 Å². The van der Waals surface area contributed by atoms with Crippen LogP contribution in [0.3, 0.4) is 0 Å². The molecule has 3 rings (SSSR count). The fourth-order valence-electron chi connectivity index (χ4n) is 2.44. The summed E-state index contributed by atoms with van der Waals surface area (Å²) in [4.78, 5) is 13.7. The summed E-state index contributed by atoms with van der Waals surface area (Å²) in [5.41, 5.74) is 2.35. The van der Waals surface area contributed by atoms with Gasteiger partial charge in [-0.2, -0.15) is 0 Å². The van der Waals surface area contributed by atoms with E-state index >= 15 is 0 Å². The van der Waals surface area contributed by atoms with Crippen LogP contribution in [0.4, 0.5) is 21.5 Å². The zero-order chi connectivity index (χ0) is 13.9. The highest BCUT2D eigenvalue weighted by Crippen LogP contribution is 2.34. The van der Waals surface area contributed by atoms with Crippen LogP contribution in [0.5, 0.6) is 0 Å². The largest absolute Gasteiger partial charge is 0.340 e. The molecule has 1 heterocycles. The highest BCUT2D eigenvalue weighted by atomic mass is 19.1. The molecular weight excluding hydrogens is 255 g/mol. The minimum atomic E-state index is -0.306. The summed E-state index contributed by atoms with van der Waals surface area (Å²) < 4.78 is 13.6. The highest BCUT2D eigenvalue weighted by molar-refractivity contribution is 5.95. The van der Waals surface area contributed by atoms with E-state index in [1.54, 1.807) is 6.07 Å². The minimum absolute atomic E-state index is 0.0226. The summed E-state index contributed by atoms with van der Waals surface area (Å²) in [6.45, 7) is 0.688. The first-order valence-electron chi connectivity index (χ1n) is 6.66. The van der Waals surface area contributed by atoms with Crippen LogP contribution in [-0.2, 0) is 4.79 Å². The van der Waals surface area contributed by atoms with Crippen LogP contribution in [0.1, 0.15) is 12.8 Å². The second-order valence-corrected chi connectivity index (χ2v) is 4.80. The fraction of sp³-hybridized carbons (Fsp3) is 0.188. The molecule has 1 aliphatic heterocycles. The smallest absolute Gasteiger partial charge is 0.224 e. The number of halogens is 1. The van der Waals surface area contributed by atoms with Crippen LogP contribution < -0.4 is 10.2 Å². The third-order valence-corrected chi connectivity index (χ3v) is 3.38. The molecule has 0 atom stereocenters. The topological polar surface area (TPSA) is 32.3 Å². The SMILES string of the molecule is O=C1CCCN(c2ccccc2)c2cc(F)ccc2N1. The first kappa shape index (κ1) is 12.7. The summed E-state index contributed by atoms with van der Waals surface area (Å²) in [5, 5.41) is 2.84. The van der Waals surface area contributed by atoms with E-state index in [0.29, 0.717) is 24.3 Å². The van der Waals surface area contributed by atoms with Crippen LogP contribution in [0.25, 0.3) is 0 Å². The molecule has 20 heavy (non-hydrogen) atoms. The summed E-state index contributed by atoms with van der Waals surface area (Å²) in [5.74, 6) is -0.329. The van der Waals surface area contributed by atoms with E-state index in [4.69, 9.17) is 0 Å². The van der Waals surface area contributed by atoms with Crippen LogP contribution in [0, 0.1) is 5.82 Å². The Bertz CT molecular complexity index is 628. The zero-order valence-corrected chi connectivity index (χ0v) is 11.0. The molecule has 4 heteroatoms. The van der Waals surface area contributed by atoms with Gasteiger partial charge in [-0.05, 0) is 36.8 Å². The number of nitrogens with one attached hydrogen (secondary N) is 1. The lowest BCUT2D eigenvalue weighted by molar-refractivity contribution is -0.116. The molecule has 0 unspecified atom stereocenters. The van der Waals surface area contributed by atoms with Gasteiger partial charge >= 0.3 is 0 Å². The Morgan fingerprint density at radius 1 is 1.10 bits per heavy atom. The lowest BCUT2D eigenvalue weighted by Crippen LogP contribution is -2.25. The van der Waals surface area contributed by atoms with Gasteiger partial charge in [0.05, 0.1) is 11.4 Å². The standard InChI is InChI=1S/C16H15FN2O/c17-12-8-9-14-15(11-12)19(10-4-7-16(20)18-14)13-5-2-1-3-6-13/h1-3,5-6,8-9,11H,4,7,10H2,(H,18,20). The Balaban J connectivity index is 2.09. The molecule has 2 aromatic carbocycles. The molecule has 0 aliphatic carbocycles. The number of anilines is 3. The molecule has 0 fully saturated rings. The van der Waals surface area contributed by atoms with Crippen molar-refractivity contribution >= 4 is 23.0 Å². The van der Waals surface area contributed by atoms with Gasteiger partial charge in [0, 0.05) is 18.7 Å². The molecule has 3 nitrogen and oxygen atoms in total. The zero-order valence-electron chi connectivity index (χ0n) is 11.0. The third-order valence-electron chi connectivity index (χ3n) is 3.38. The summed E-state index contributed by atoms with van der Waals surface area (Å²) >= 11 is 0. The van der Waals surface area contributed by atoms with Crippen molar-refractivity contribution in [3.63, 3.8) is 0 Å². The Labute approximate surface area is 117 Å². The van der Waals surface area contributed by atoms with Gasteiger partial charge in [-0.1, -0.05) is 18.2 Å².